The first-order chi connectivity index (χ1) is 16.4. The van der Waals surface area contributed by atoms with Crippen molar-refractivity contribution in [3.8, 4) is 11.5 Å². The zero-order valence-electron chi connectivity index (χ0n) is 19.0. The number of benzene rings is 2. The van der Waals surface area contributed by atoms with Crippen LogP contribution in [0, 0.1) is 6.92 Å². The van der Waals surface area contributed by atoms with E-state index in [9.17, 15) is 14.4 Å². The summed E-state index contributed by atoms with van der Waals surface area (Å²) in [5.74, 6) is 0.0787. The summed E-state index contributed by atoms with van der Waals surface area (Å²) in [7, 11) is 0. The summed E-state index contributed by atoms with van der Waals surface area (Å²) in [5, 5.41) is 2.83. The lowest BCUT2D eigenvalue weighted by atomic mass is 10.1. The molecule has 0 saturated heterocycles. The van der Waals surface area contributed by atoms with Crippen molar-refractivity contribution in [1.29, 1.82) is 0 Å². The van der Waals surface area contributed by atoms with Gasteiger partial charge in [-0.1, -0.05) is 23.8 Å². The van der Waals surface area contributed by atoms with Crippen LogP contribution in [0.1, 0.15) is 28.4 Å². The maximum atomic E-state index is 12.8. The van der Waals surface area contributed by atoms with Gasteiger partial charge in [0.05, 0.1) is 5.69 Å². The Morgan fingerprint density at radius 2 is 1.97 bits per heavy atom. The van der Waals surface area contributed by atoms with Crippen molar-refractivity contribution in [1.82, 2.24) is 10.3 Å². The number of nitrogens with one attached hydrogen (secondary N) is 1. The van der Waals surface area contributed by atoms with Crippen LogP contribution in [0.5, 0.6) is 11.5 Å². The number of hydrogen-bond donors (Lipinski definition) is 1. The normalized spacial score (nSPS) is 13.5. The van der Waals surface area contributed by atoms with Gasteiger partial charge in [-0.15, -0.1) is 0 Å². The molecule has 0 fully saturated rings. The van der Waals surface area contributed by atoms with Gasteiger partial charge in [0.15, 0.2) is 19.0 Å². The van der Waals surface area contributed by atoms with Crippen molar-refractivity contribution in [3.05, 3.63) is 83.7 Å². The molecule has 8 heteroatoms. The average molecular weight is 460 g/mol. The zero-order chi connectivity index (χ0) is 24.1. The van der Waals surface area contributed by atoms with Crippen LogP contribution in [0.25, 0.3) is 0 Å². The second-order valence-electron chi connectivity index (χ2n) is 8.01. The minimum Gasteiger partial charge on any atom is -0.485 e. The fraction of sp³-hybridized carbons (Fsp3) is 0.231. The molecule has 34 heavy (non-hydrogen) atoms. The Balaban J connectivity index is 1.48. The molecular weight excluding hydrogens is 434 g/mol. The molecule has 0 radical (unpaired) electrons. The minimum atomic E-state index is -0.805. The number of ether oxygens (including phenoxy) is 2. The third-order valence-corrected chi connectivity index (χ3v) is 5.51. The predicted molar refractivity (Wildman–Crippen MR) is 126 cm³/mol. The molecular formula is C26H25N3O5. The van der Waals surface area contributed by atoms with E-state index in [1.54, 1.807) is 55.7 Å². The summed E-state index contributed by atoms with van der Waals surface area (Å²) in [6.45, 7) is 3.56. The van der Waals surface area contributed by atoms with Gasteiger partial charge in [0.2, 0.25) is 5.91 Å². The van der Waals surface area contributed by atoms with E-state index in [4.69, 9.17) is 9.47 Å². The summed E-state index contributed by atoms with van der Waals surface area (Å²) < 4.78 is 11.1. The van der Waals surface area contributed by atoms with Gasteiger partial charge < -0.3 is 14.8 Å². The lowest BCUT2D eigenvalue weighted by Gasteiger charge is -2.33. The number of carbonyl (C=O) groups is 3. The largest absolute Gasteiger partial charge is 0.485 e. The number of aryl methyl sites for hydroxylation is 1. The van der Waals surface area contributed by atoms with Crippen LogP contribution in [-0.4, -0.2) is 41.8 Å². The maximum Gasteiger partial charge on any atom is 0.265 e. The molecule has 2 amide bonds. The Labute approximate surface area is 197 Å². The second kappa shape index (κ2) is 10.2. The molecule has 2 heterocycles. The van der Waals surface area contributed by atoms with E-state index in [1.165, 1.54) is 4.90 Å². The van der Waals surface area contributed by atoms with Crippen molar-refractivity contribution in [2.24, 2.45) is 0 Å². The van der Waals surface area contributed by atoms with Crippen molar-refractivity contribution >= 4 is 23.3 Å². The predicted octanol–water partition coefficient (Wildman–Crippen LogP) is 3.08. The van der Waals surface area contributed by atoms with Gasteiger partial charge in [0.1, 0.15) is 17.5 Å². The molecule has 0 spiro atoms. The third kappa shape index (κ3) is 5.23. The monoisotopic (exact) mass is 459 g/mol. The molecule has 3 aromatic rings. The van der Waals surface area contributed by atoms with Gasteiger partial charge in [0, 0.05) is 24.5 Å². The number of nitrogens with zero attached hydrogens (tertiary/aromatic N) is 2. The van der Waals surface area contributed by atoms with Gasteiger partial charge in [-0.3, -0.25) is 24.3 Å². The van der Waals surface area contributed by atoms with E-state index < -0.39 is 6.04 Å². The van der Waals surface area contributed by atoms with E-state index in [1.807, 2.05) is 25.1 Å². The zero-order valence-corrected chi connectivity index (χ0v) is 19.0. The van der Waals surface area contributed by atoms with Crippen LogP contribution in [0.3, 0.4) is 0 Å². The summed E-state index contributed by atoms with van der Waals surface area (Å²) in [4.78, 5) is 43.7. The number of aromatic nitrogens is 1. The summed E-state index contributed by atoms with van der Waals surface area (Å²) in [6.07, 6.45) is 3.32. The first kappa shape index (κ1) is 23.0. The molecule has 1 N–H and O–H groups in total. The molecule has 0 saturated carbocycles. The number of amides is 2. The Kier molecular flexibility index (Phi) is 6.87. The van der Waals surface area contributed by atoms with Crippen LogP contribution in [0.15, 0.2) is 67.0 Å². The highest BCUT2D eigenvalue weighted by Gasteiger charge is 2.33. The van der Waals surface area contributed by atoms with E-state index in [0.717, 1.165) is 11.1 Å². The fourth-order valence-corrected chi connectivity index (χ4v) is 3.59. The molecule has 1 unspecified atom stereocenters. The lowest BCUT2D eigenvalue weighted by molar-refractivity contribution is -0.127. The molecule has 1 atom stereocenters. The van der Waals surface area contributed by atoms with E-state index in [2.05, 4.69) is 10.3 Å². The van der Waals surface area contributed by atoms with Crippen LogP contribution >= 0.6 is 0 Å². The summed E-state index contributed by atoms with van der Waals surface area (Å²) in [6, 6.07) is 15.1. The van der Waals surface area contributed by atoms with Gasteiger partial charge in [-0.2, -0.15) is 0 Å². The number of fused-ring (bicyclic) bond motifs is 1. The quantitative estimate of drug-likeness (QED) is 0.520. The molecule has 0 aliphatic carbocycles. The van der Waals surface area contributed by atoms with Crippen molar-refractivity contribution < 1.29 is 23.9 Å². The Morgan fingerprint density at radius 1 is 1.18 bits per heavy atom. The minimum absolute atomic E-state index is 0.155. The number of hydrogen-bond acceptors (Lipinski definition) is 6. The van der Waals surface area contributed by atoms with Gasteiger partial charge in [-0.05, 0) is 55.8 Å². The number of rotatable bonds is 8. The van der Waals surface area contributed by atoms with E-state index in [0.29, 0.717) is 22.7 Å². The summed E-state index contributed by atoms with van der Waals surface area (Å²) >= 11 is 0. The SMILES string of the molecule is Cc1ccc(OCC(=O)c2ccc3c(c2)N(C(C)C(=O)NCc2cccnc2)C(=O)CO3)cc1. The van der Waals surface area contributed by atoms with Gasteiger partial charge >= 0.3 is 0 Å². The second-order valence-corrected chi connectivity index (χ2v) is 8.01. The molecule has 8 nitrogen and oxygen atoms in total. The van der Waals surface area contributed by atoms with E-state index in [-0.39, 0.29) is 37.4 Å². The Hall–Kier alpha value is -4.20. The Bertz CT molecular complexity index is 1190. The van der Waals surface area contributed by atoms with Crippen molar-refractivity contribution in [2.75, 3.05) is 18.1 Å². The number of ketones is 1. The highest BCUT2D eigenvalue weighted by Crippen LogP contribution is 2.34. The molecule has 1 aromatic heterocycles. The molecule has 1 aliphatic heterocycles. The topological polar surface area (TPSA) is 97.8 Å². The highest BCUT2D eigenvalue weighted by molar-refractivity contribution is 6.05. The average Bonchev–Trinajstić information content (AvgIpc) is 2.86. The molecule has 2 aromatic carbocycles. The first-order valence-corrected chi connectivity index (χ1v) is 10.9. The number of pyridine rings is 1. The number of anilines is 1. The number of carbonyl (C=O) groups excluding carboxylic acids is 3. The highest BCUT2D eigenvalue weighted by atomic mass is 16.5. The van der Waals surface area contributed by atoms with Crippen LogP contribution < -0.4 is 19.7 Å². The molecule has 4 rings (SSSR count). The van der Waals surface area contributed by atoms with Gasteiger partial charge in [0.25, 0.3) is 5.91 Å². The van der Waals surface area contributed by atoms with E-state index >= 15 is 0 Å². The van der Waals surface area contributed by atoms with Crippen molar-refractivity contribution in [2.45, 2.75) is 26.4 Å². The third-order valence-electron chi connectivity index (χ3n) is 5.51. The standard InChI is InChI=1S/C26H25N3O5/c1-17-5-8-21(9-6-17)33-15-23(30)20-7-10-24-22(12-20)29(25(31)16-34-24)18(2)26(32)28-14-19-4-3-11-27-13-19/h3-13,18H,14-16H2,1-2H3,(H,28,32). The van der Waals surface area contributed by atoms with Crippen LogP contribution in [0.2, 0.25) is 0 Å². The molecule has 0 bridgehead atoms. The maximum absolute atomic E-state index is 12.8. The number of Topliss-reactive ketones (excluding diaryl/α,β-unsaturated/α-hetero) is 1. The smallest absolute Gasteiger partial charge is 0.265 e. The Morgan fingerprint density at radius 3 is 2.71 bits per heavy atom. The molecule has 1 aliphatic rings. The van der Waals surface area contributed by atoms with Crippen molar-refractivity contribution in [3.63, 3.8) is 0 Å². The van der Waals surface area contributed by atoms with Gasteiger partial charge in [-0.25, -0.2) is 0 Å². The fourth-order valence-electron chi connectivity index (χ4n) is 3.59. The molecule has 174 valence electrons. The van der Waals surface area contributed by atoms with Crippen LogP contribution in [-0.2, 0) is 16.1 Å². The first-order valence-electron chi connectivity index (χ1n) is 10.9. The van der Waals surface area contributed by atoms with Crippen LogP contribution in [0.4, 0.5) is 5.69 Å². The summed E-state index contributed by atoms with van der Waals surface area (Å²) in [5.41, 5.74) is 2.67. The lowest BCUT2D eigenvalue weighted by Crippen LogP contribution is -2.51.